The van der Waals surface area contributed by atoms with Crippen LogP contribution in [0.4, 0.5) is 0 Å². The Morgan fingerprint density at radius 1 is 1.19 bits per heavy atom. The maximum absolute atomic E-state index is 12.6. The molecule has 1 unspecified atom stereocenters. The number of methoxy groups -OCH3 is 1. The molecule has 8 heteroatoms. The molecule has 6 nitrogen and oxygen atoms in total. The molecule has 0 aliphatic rings. The van der Waals surface area contributed by atoms with Gasteiger partial charge in [-0.05, 0) is 31.2 Å². The zero-order valence-electron chi connectivity index (χ0n) is 15.0. The molecule has 0 aromatic heterocycles. The van der Waals surface area contributed by atoms with Crippen LogP contribution in [-0.4, -0.2) is 39.8 Å². The molecular formula is C18H21ClN2O4S. The largest absolute Gasteiger partial charge is 0.496 e. The molecule has 0 spiro atoms. The van der Waals surface area contributed by atoms with Crippen molar-refractivity contribution in [1.82, 2.24) is 9.62 Å². The highest BCUT2D eigenvalue weighted by Gasteiger charge is 2.23. The lowest BCUT2D eigenvalue weighted by Gasteiger charge is -2.18. The van der Waals surface area contributed by atoms with Crippen LogP contribution in [0, 0.1) is 0 Å². The van der Waals surface area contributed by atoms with E-state index >= 15 is 0 Å². The summed E-state index contributed by atoms with van der Waals surface area (Å²) >= 11 is 6.02. The number of hydrogen-bond acceptors (Lipinski definition) is 4. The van der Waals surface area contributed by atoms with Crippen molar-refractivity contribution in [2.75, 3.05) is 21.2 Å². The molecule has 0 saturated carbocycles. The number of halogens is 1. The SMILES string of the molecule is COc1ccccc1C(C)NC(=O)c1ccc(Cl)c(S(=O)(=O)N(C)C)c1. The summed E-state index contributed by atoms with van der Waals surface area (Å²) in [6.07, 6.45) is 0. The van der Waals surface area contributed by atoms with Crippen LogP contribution < -0.4 is 10.1 Å². The Kier molecular flexibility index (Phi) is 6.28. The molecule has 1 atom stereocenters. The average molecular weight is 397 g/mol. The van der Waals surface area contributed by atoms with Crippen LogP contribution in [0.5, 0.6) is 5.75 Å². The molecule has 0 radical (unpaired) electrons. The Morgan fingerprint density at radius 3 is 2.46 bits per heavy atom. The fourth-order valence-corrected chi connectivity index (χ4v) is 3.81. The van der Waals surface area contributed by atoms with Crippen LogP contribution >= 0.6 is 11.6 Å². The minimum absolute atomic E-state index is 0.0630. The number of amides is 1. The van der Waals surface area contributed by atoms with Crippen molar-refractivity contribution in [2.24, 2.45) is 0 Å². The highest BCUT2D eigenvalue weighted by molar-refractivity contribution is 7.89. The molecule has 1 amide bonds. The third kappa shape index (κ3) is 4.17. The highest BCUT2D eigenvalue weighted by Crippen LogP contribution is 2.27. The van der Waals surface area contributed by atoms with Crippen LogP contribution in [0.15, 0.2) is 47.4 Å². The Bertz CT molecular complexity index is 913. The lowest BCUT2D eigenvalue weighted by Crippen LogP contribution is -2.28. The summed E-state index contributed by atoms with van der Waals surface area (Å²) in [5.74, 6) is 0.252. The molecule has 0 fully saturated rings. The van der Waals surface area contributed by atoms with E-state index in [1.54, 1.807) is 7.11 Å². The van der Waals surface area contributed by atoms with Crippen molar-refractivity contribution < 1.29 is 17.9 Å². The Labute approximate surface area is 158 Å². The maximum atomic E-state index is 12.6. The van der Waals surface area contributed by atoms with Gasteiger partial charge < -0.3 is 10.1 Å². The van der Waals surface area contributed by atoms with Gasteiger partial charge in [0, 0.05) is 25.2 Å². The first-order chi connectivity index (χ1) is 12.2. The highest BCUT2D eigenvalue weighted by atomic mass is 35.5. The van der Waals surface area contributed by atoms with Crippen molar-refractivity contribution in [1.29, 1.82) is 0 Å². The maximum Gasteiger partial charge on any atom is 0.251 e. The standard InChI is InChI=1S/C18H21ClN2O4S/c1-12(14-7-5-6-8-16(14)25-4)20-18(22)13-9-10-15(19)17(11-13)26(23,24)21(2)3/h5-12H,1-4H3,(H,20,22). The number of ether oxygens (including phenoxy) is 1. The molecule has 140 valence electrons. The first-order valence-corrected chi connectivity index (χ1v) is 9.66. The summed E-state index contributed by atoms with van der Waals surface area (Å²) in [5, 5.41) is 2.91. The van der Waals surface area contributed by atoms with E-state index in [-0.39, 0.29) is 21.5 Å². The normalized spacial score (nSPS) is 12.7. The van der Waals surface area contributed by atoms with Crippen LogP contribution in [-0.2, 0) is 10.0 Å². The summed E-state index contributed by atoms with van der Waals surface area (Å²) in [7, 11) is 0.617. The molecule has 2 aromatic rings. The molecule has 0 aliphatic carbocycles. The minimum atomic E-state index is -3.75. The predicted molar refractivity (Wildman–Crippen MR) is 101 cm³/mol. The molecule has 1 N–H and O–H groups in total. The number of para-hydroxylation sites is 1. The third-order valence-electron chi connectivity index (χ3n) is 3.91. The number of rotatable bonds is 6. The van der Waals surface area contributed by atoms with Gasteiger partial charge in [-0.15, -0.1) is 0 Å². The van der Waals surface area contributed by atoms with E-state index in [1.165, 1.54) is 32.3 Å². The van der Waals surface area contributed by atoms with E-state index in [2.05, 4.69) is 5.32 Å². The molecule has 2 aromatic carbocycles. The predicted octanol–water partition coefficient (Wildman–Crippen LogP) is 3.09. The molecule has 0 heterocycles. The van der Waals surface area contributed by atoms with Crippen molar-refractivity contribution >= 4 is 27.5 Å². The number of nitrogens with zero attached hydrogens (tertiary/aromatic N) is 1. The summed E-state index contributed by atoms with van der Waals surface area (Å²) in [5.41, 5.74) is 1.02. The molecule has 0 aliphatic heterocycles. The topological polar surface area (TPSA) is 75.7 Å². The quantitative estimate of drug-likeness (QED) is 0.814. The lowest BCUT2D eigenvalue weighted by atomic mass is 10.1. The fourth-order valence-electron chi connectivity index (χ4n) is 2.42. The van der Waals surface area contributed by atoms with Crippen molar-refractivity contribution in [2.45, 2.75) is 17.9 Å². The van der Waals surface area contributed by atoms with E-state index in [0.717, 1.165) is 9.87 Å². The third-order valence-corrected chi connectivity index (χ3v) is 6.20. The minimum Gasteiger partial charge on any atom is -0.496 e. The van der Waals surface area contributed by atoms with E-state index in [0.29, 0.717) is 5.75 Å². The Morgan fingerprint density at radius 2 is 1.85 bits per heavy atom. The van der Waals surface area contributed by atoms with Gasteiger partial charge in [0.1, 0.15) is 10.6 Å². The van der Waals surface area contributed by atoms with Crippen LogP contribution in [0.1, 0.15) is 28.9 Å². The number of hydrogen-bond donors (Lipinski definition) is 1. The monoisotopic (exact) mass is 396 g/mol. The second-order valence-corrected chi connectivity index (χ2v) is 8.40. The van der Waals surface area contributed by atoms with Gasteiger partial charge in [0.15, 0.2) is 0 Å². The molecule has 26 heavy (non-hydrogen) atoms. The fraction of sp³-hybridized carbons (Fsp3) is 0.278. The second-order valence-electron chi connectivity index (χ2n) is 5.87. The smallest absolute Gasteiger partial charge is 0.251 e. The van der Waals surface area contributed by atoms with Gasteiger partial charge in [0.25, 0.3) is 5.91 Å². The van der Waals surface area contributed by atoms with Crippen LogP contribution in [0.3, 0.4) is 0 Å². The lowest BCUT2D eigenvalue weighted by molar-refractivity contribution is 0.0939. The summed E-state index contributed by atoms with van der Waals surface area (Å²) in [6, 6.07) is 11.2. The van der Waals surface area contributed by atoms with Gasteiger partial charge in [0.2, 0.25) is 10.0 Å². The first kappa shape index (κ1) is 20.2. The number of carbonyl (C=O) groups is 1. The van der Waals surface area contributed by atoms with E-state index in [9.17, 15) is 13.2 Å². The second kappa shape index (κ2) is 8.07. The first-order valence-electron chi connectivity index (χ1n) is 7.84. The van der Waals surface area contributed by atoms with Crippen LogP contribution in [0.25, 0.3) is 0 Å². The van der Waals surface area contributed by atoms with Crippen molar-refractivity contribution in [3.05, 3.63) is 58.6 Å². The van der Waals surface area contributed by atoms with Gasteiger partial charge in [-0.25, -0.2) is 12.7 Å². The number of sulfonamides is 1. The summed E-state index contributed by atoms with van der Waals surface area (Å²) in [4.78, 5) is 12.5. The van der Waals surface area contributed by atoms with Crippen LogP contribution in [0.2, 0.25) is 5.02 Å². The van der Waals surface area contributed by atoms with Gasteiger partial charge in [-0.2, -0.15) is 0 Å². The van der Waals surface area contributed by atoms with Crippen molar-refractivity contribution in [3.63, 3.8) is 0 Å². The van der Waals surface area contributed by atoms with Gasteiger partial charge in [-0.1, -0.05) is 29.8 Å². The number of benzene rings is 2. The zero-order chi connectivity index (χ0) is 19.5. The van der Waals surface area contributed by atoms with E-state index in [4.69, 9.17) is 16.3 Å². The summed E-state index contributed by atoms with van der Waals surface area (Å²) < 4.78 is 31.1. The number of nitrogens with one attached hydrogen (secondary N) is 1. The van der Waals surface area contributed by atoms with E-state index < -0.39 is 15.9 Å². The van der Waals surface area contributed by atoms with Gasteiger partial charge >= 0.3 is 0 Å². The van der Waals surface area contributed by atoms with E-state index in [1.807, 2.05) is 31.2 Å². The van der Waals surface area contributed by atoms with Gasteiger partial charge in [-0.3, -0.25) is 4.79 Å². The molecule has 2 rings (SSSR count). The summed E-state index contributed by atoms with van der Waals surface area (Å²) in [6.45, 7) is 1.82. The molecular weight excluding hydrogens is 376 g/mol. The van der Waals surface area contributed by atoms with Crippen molar-refractivity contribution in [3.8, 4) is 5.75 Å². The zero-order valence-corrected chi connectivity index (χ0v) is 16.6. The molecule has 0 bridgehead atoms. The molecule has 0 saturated heterocycles. The van der Waals surface area contributed by atoms with Gasteiger partial charge in [0.05, 0.1) is 18.2 Å². The Balaban J connectivity index is 2.31. The Hall–Kier alpha value is -2.09. The average Bonchev–Trinajstić information content (AvgIpc) is 2.61. The number of carbonyl (C=O) groups excluding carboxylic acids is 1.